The zero-order valence-corrected chi connectivity index (χ0v) is 20.8. The summed E-state index contributed by atoms with van der Waals surface area (Å²) in [5.74, 6) is 0.676. The Morgan fingerprint density at radius 2 is 1.77 bits per heavy atom. The number of aromatic nitrogens is 2. The lowest BCUT2D eigenvalue weighted by molar-refractivity contribution is 0.00704. The molecule has 0 radical (unpaired) electrons. The number of fused-ring (bicyclic) bond motifs is 1. The Bertz CT molecular complexity index is 1390. The van der Waals surface area contributed by atoms with Crippen LogP contribution in [0.5, 0.6) is 0 Å². The van der Waals surface area contributed by atoms with Gasteiger partial charge in [0.1, 0.15) is 17.5 Å². The van der Waals surface area contributed by atoms with Crippen LogP contribution in [0, 0.1) is 11.3 Å². The number of benzene rings is 3. The lowest BCUT2D eigenvalue weighted by Crippen LogP contribution is -2.24. The molecule has 0 aliphatic carbocycles. The van der Waals surface area contributed by atoms with Crippen molar-refractivity contribution in [1.29, 1.82) is 5.26 Å². The van der Waals surface area contributed by atoms with Gasteiger partial charge in [0.2, 0.25) is 0 Å². The van der Waals surface area contributed by atoms with E-state index in [1.807, 2.05) is 69.3 Å². The number of carbonyl (C=O) groups excluding carboxylic acids is 1. The maximum atomic E-state index is 12.8. The summed E-state index contributed by atoms with van der Waals surface area (Å²) in [6.07, 6.45) is 3.00. The molecule has 4 rings (SSSR count). The zero-order valence-electron chi connectivity index (χ0n) is 20.8. The molecule has 5 nitrogen and oxygen atoms in total. The molecule has 1 heterocycles. The van der Waals surface area contributed by atoms with Gasteiger partial charge in [0.25, 0.3) is 0 Å². The second kappa shape index (κ2) is 10.1. The van der Waals surface area contributed by atoms with Crippen molar-refractivity contribution in [2.45, 2.75) is 59.1 Å². The molecule has 5 heteroatoms. The number of unbranched alkanes of at least 4 members (excludes halogenated alkanes) is 1. The minimum absolute atomic E-state index is 0.327. The van der Waals surface area contributed by atoms with Crippen LogP contribution in [0.2, 0.25) is 0 Å². The normalized spacial score (nSPS) is 11.4. The fraction of sp³-hybridized carbons (Fsp3) is 0.300. The molecule has 0 aliphatic rings. The molecule has 35 heavy (non-hydrogen) atoms. The zero-order chi connectivity index (χ0) is 25.0. The molecule has 4 aromatic rings. The summed E-state index contributed by atoms with van der Waals surface area (Å²) in [4.78, 5) is 17.6. The van der Waals surface area contributed by atoms with Crippen LogP contribution in [0.25, 0.3) is 22.2 Å². The smallest absolute Gasteiger partial charge is 0.339 e. The Hall–Kier alpha value is -3.91. The molecule has 0 saturated heterocycles. The topological polar surface area (TPSA) is 67.9 Å². The molecule has 0 bridgehead atoms. The van der Waals surface area contributed by atoms with Crippen LogP contribution in [0.3, 0.4) is 0 Å². The van der Waals surface area contributed by atoms with Gasteiger partial charge in [0.05, 0.1) is 22.2 Å². The molecule has 3 aromatic carbocycles. The van der Waals surface area contributed by atoms with Gasteiger partial charge in [0.15, 0.2) is 0 Å². The highest BCUT2D eigenvalue weighted by atomic mass is 16.6. The first-order chi connectivity index (χ1) is 16.8. The molecule has 0 spiro atoms. The highest BCUT2D eigenvalue weighted by molar-refractivity contribution is 5.97. The van der Waals surface area contributed by atoms with Crippen molar-refractivity contribution in [1.82, 2.24) is 9.55 Å². The van der Waals surface area contributed by atoms with Crippen molar-refractivity contribution < 1.29 is 9.53 Å². The Kier molecular flexibility index (Phi) is 7.02. The van der Waals surface area contributed by atoms with Gasteiger partial charge in [-0.25, -0.2) is 9.78 Å². The van der Waals surface area contributed by atoms with Crippen LogP contribution in [0.1, 0.15) is 67.8 Å². The number of carbonyl (C=O) groups is 1. The molecule has 0 saturated carbocycles. The van der Waals surface area contributed by atoms with Gasteiger partial charge < -0.3 is 9.30 Å². The Morgan fingerprint density at radius 3 is 2.46 bits per heavy atom. The fourth-order valence-corrected chi connectivity index (χ4v) is 4.24. The molecular weight excluding hydrogens is 434 g/mol. The molecule has 0 amide bonds. The average Bonchev–Trinajstić information content (AvgIpc) is 3.19. The van der Waals surface area contributed by atoms with E-state index in [-0.39, 0.29) is 5.97 Å². The summed E-state index contributed by atoms with van der Waals surface area (Å²) in [6, 6.07) is 23.8. The van der Waals surface area contributed by atoms with Crippen LogP contribution in [-0.2, 0) is 17.7 Å². The number of hydrogen-bond donors (Lipinski definition) is 0. The van der Waals surface area contributed by atoms with Crippen LogP contribution in [0.4, 0.5) is 0 Å². The minimum Gasteiger partial charge on any atom is -0.456 e. The predicted octanol–water partition coefficient (Wildman–Crippen LogP) is 6.92. The standard InChI is InChI=1S/C30H31N3O2/c1-5-6-14-27-32-26-13-9-10-23(19-31)28(26)33(27)20-21-15-17-22(18-16-21)24-11-7-8-12-25(24)29(34)35-30(2,3)4/h7-13,15-18H,5-6,14,20H2,1-4H3. The van der Waals surface area contributed by atoms with Gasteiger partial charge in [-0.05, 0) is 62.1 Å². The highest BCUT2D eigenvalue weighted by Gasteiger charge is 2.21. The third kappa shape index (κ3) is 5.44. The lowest BCUT2D eigenvalue weighted by atomic mass is 9.98. The van der Waals surface area contributed by atoms with Gasteiger partial charge in [0, 0.05) is 13.0 Å². The van der Waals surface area contributed by atoms with Crippen LogP contribution in [0.15, 0.2) is 66.7 Å². The number of para-hydroxylation sites is 1. The summed E-state index contributed by atoms with van der Waals surface area (Å²) in [5.41, 5.74) is 5.29. The second-order valence-electron chi connectivity index (χ2n) is 9.75. The molecule has 178 valence electrons. The summed E-state index contributed by atoms with van der Waals surface area (Å²) in [7, 11) is 0. The van der Waals surface area contributed by atoms with Crippen molar-refractivity contribution in [2.24, 2.45) is 0 Å². The predicted molar refractivity (Wildman–Crippen MR) is 139 cm³/mol. The van der Waals surface area contributed by atoms with Crippen molar-refractivity contribution in [3.8, 4) is 17.2 Å². The number of nitrogens with zero attached hydrogens (tertiary/aromatic N) is 3. The summed E-state index contributed by atoms with van der Waals surface area (Å²) in [5, 5.41) is 9.69. The van der Waals surface area contributed by atoms with Gasteiger partial charge in [-0.15, -0.1) is 0 Å². The molecular formula is C30H31N3O2. The van der Waals surface area contributed by atoms with E-state index in [2.05, 4.69) is 29.7 Å². The molecule has 1 aromatic heterocycles. The highest BCUT2D eigenvalue weighted by Crippen LogP contribution is 2.27. The second-order valence-corrected chi connectivity index (χ2v) is 9.75. The number of aryl methyl sites for hydroxylation is 1. The van der Waals surface area contributed by atoms with E-state index in [1.54, 1.807) is 6.07 Å². The van der Waals surface area contributed by atoms with E-state index >= 15 is 0 Å². The van der Waals surface area contributed by atoms with E-state index in [1.165, 1.54) is 0 Å². The Labute approximate surface area is 207 Å². The first-order valence-corrected chi connectivity index (χ1v) is 12.1. The summed E-state index contributed by atoms with van der Waals surface area (Å²) >= 11 is 0. The first-order valence-electron chi connectivity index (χ1n) is 12.1. The van der Waals surface area contributed by atoms with Crippen LogP contribution < -0.4 is 0 Å². The number of imidazole rings is 1. The van der Waals surface area contributed by atoms with Gasteiger partial charge in [-0.1, -0.05) is 61.9 Å². The molecule has 0 unspecified atom stereocenters. The number of nitriles is 1. The molecule has 0 atom stereocenters. The quantitative estimate of drug-likeness (QED) is 0.278. The third-order valence-electron chi connectivity index (χ3n) is 5.87. The summed E-state index contributed by atoms with van der Waals surface area (Å²) < 4.78 is 7.79. The first kappa shape index (κ1) is 24.2. The monoisotopic (exact) mass is 465 g/mol. The molecule has 0 N–H and O–H groups in total. The van der Waals surface area contributed by atoms with Gasteiger partial charge >= 0.3 is 5.97 Å². The van der Waals surface area contributed by atoms with E-state index in [4.69, 9.17) is 9.72 Å². The lowest BCUT2D eigenvalue weighted by Gasteiger charge is -2.20. The largest absolute Gasteiger partial charge is 0.456 e. The Balaban J connectivity index is 1.67. The van der Waals surface area contributed by atoms with Crippen molar-refractivity contribution >= 4 is 17.0 Å². The van der Waals surface area contributed by atoms with Gasteiger partial charge in [-0.2, -0.15) is 5.26 Å². The van der Waals surface area contributed by atoms with Crippen molar-refractivity contribution in [3.63, 3.8) is 0 Å². The SMILES string of the molecule is CCCCc1nc2cccc(C#N)c2n1Cc1ccc(-c2ccccc2C(=O)OC(C)(C)C)cc1. The molecule has 0 aliphatic heterocycles. The maximum Gasteiger partial charge on any atom is 0.339 e. The maximum absolute atomic E-state index is 12.8. The van der Waals surface area contributed by atoms with Crippen molar-refractivity contribution in [2.75, 3.05) is 0 Å². The number of rotatable bonds is 7. The van der Waals surface area contributed by atoms with E-state index in [0.717, 1.165) is 52.8 Å². The number of esters is 1. The van der Waals surface area contributed by atoms with E-state index in [0.29, 0.717) is 17.7 Å². The van der Waals surface area contributed by atoms with Gasteiger partial charge in [-0.3, -0.25) is 0 Å². The number of ether oxygens (including phenoxy) is 1. The number of hydrogen-bond acceptors (Lipinski definition) is 4. The average molecular weight is 466 g/mol. The van der Waals surface area contributed by atoms with Crippen LogP contribution >= 0.6 is 0 Å². The Morgan fingerprint density at radius 1 is 1.03 bits per heavy atom. The fourth-order valence-electron chi connectivity index (χ4n) is 4.24. The molecule has 0 fully saturated rings. The van der Waals surface area contributed by atoms with E-state index in [9.17, 15) is 10.1 Å². The van der Waals surface area contributed by atoms with Crippen LogP contribution in [-0.4, -0.2) is 21.1 Å². The van der Waals surface area contributed by atoms with E-state index < -0.39 is 5.60 Å². The summed E-state index contributed by atoms with van der Waals surface area (Å²) in [6.45, 7) is 8.40. The third-order valence-corrected chi connectivity index (χ3v) is 5.87. The van der Waals surface area contributed by atoms with Crippen molar-refractivity contribution in [3.05, 3.63) is 89.2 Å². The minimum atomic E-state index is -0.556.